The molecule has 0 bridgehead atoms. The van der Waals surface area contributed by atoms with Crippen LogP contribution < -0.4 is 4.90 Å². The quantitative estimate of drug-likeness (QED) is 0.492. The summed E-state index contributed by atoms with van der Waals surface area (Å²) in [6, 6.07) is 8.73. The molecule has 10 heteroatoms. The molecule has 0 saturated carbocycles. The number of aliphatic hydroxyl groups is 3. The third-order valence-electron chi connectivity index (χ3n) is 7.54. The van der Waals surface area contributed by atoms with Gasteiger partial charge in [0.2, 0.25) is 5.28 Å². The van der Waals surface area contributed by atoms with Gasteiger partial charge in [0.05, 0.1) is 12.9 Å². The van der Waals surface area contributed by atoms with Crippen molar-refractivity contribution in [3.63, 3.8) is 0 Å². The second-order valence-electron chi connectivity index (χ2n) is 9.48. The van der Waals surface area contributed by atoms with E-state index in [1.165, 1.54) is 17.5 Å². The lowest BCUT2D eigenvalue weighted by Gasteiger charge is -2.40. The molecule has 1 spiro atoms. The second kappa shape index (κ2) is 7.89. The Balaban J connectivity index is 1.27. The molecular formula is C23H26ClN5O4. The number of hydrogen-bond donors (Lipinski definition) is 3. The van der Waals surface area contributed by atoms with Crippen molar-refractivity contribution in [3.05, 3.63) is 47.0 Å². The second-order valence-corrected chi connectivity index (χ2v) is 9.82. The van der Waals surface area contributed by atoms with E-state index in [1.54, 1.807) is 4.57 Å². The average molecular weight is 472 g/mol. The third kappa shape index (κ3) is 3.41. The zero-order valence-corrected chi connectivity index (χ0v) is 18.8. The standard InChI is InChI=1S/C23H26ClN5O4/c24-22-26-19(28-7-5-23(6-8-28)9-13-3-1-2-4-14(13)10-23)16-20(27-22)29(12-25-16)21-18(32)17(31)15(11-30)33-21/h1-4,12,15,17-18,21,30-32H,5-11H2/t15-,17-,18-,21-/m1/s1. The SMILES string of the molecule is OC[C@H]1O[C@@H](n2cnc3c(N4CCC5(CC4)Cc4ccccc4C5)nc(Cl)nc32)[C@H](O)[C@@H]1O. The van der Waals surface area contributed by atoms with E-state index in [2.05, 4.69) is 44.1 Å². The van der Waals surface area contributed by atoms with Crippen molar-refractivity contribution in [3.8, 4) is 0 Å². The fourth-order valence-electron chi connectivity index (χ4n) is 5.71. The zero-order valence-electron chi connectivity index (χ0n) is 18.0. The smallest absolute Gasteiger partial charge is 0.226 e. The number of piperidine rings is 1. The maximum Gasteiger partial charge on any atom is 0.226 e. The molecule has 6 rings (SSSR count). The largest absolute Gasteiger partial charge is 0.394 e. The molecule has 2 aliphatic heterocycles. The van der Waals surface area contributed by atoms with Crippen LogP contribution in [0.25, 0.3) is 11.2 Å². The maximum atomic E-state index is 10.4. The number of halogens is 1. The number of anilines is 1. The fraction of sp³-hybridized carbons (Fsp3) is 0.522. The summed E-state index contributed by atoms with van der Waals surface area (Å²) in [5.41, 5.74) is 4.23. The van der Waals surface area contributed by atoms with Gasteiger partial charge in [-0.05, 0) is 53.8 Å². The Morgan fingerprint density at radius 3 is 2.39 bits per heavy atom. The van der Waals surface area contributed by atoms with Crippen molar-refractivity contribution in [2.75, 3.05) is 24.6 Å². The molecule has 4 atom stereocenters. The normalized spacial score (nSPS) is 28.7. The van der Waals surface area contributed by atoms with E-state index in [1.807, 2.05) is 0 Å². The lowest BCUT2D eigenvalue weighted by Crippen LogP contribution is -2.41. The predicted octanol–water partition coefficient (Wildman–Crippen LogP) is 1.48. The Morgan fingerprint density at radius 2 is 1.76 bits per heavy atom. The summed E-state index contributed by atoms with van der Waals surface area (Å²) in [5, 5.41) is 30.1. The van der Waals surface area contributed by atoms with E-state index in [0.717, 1.165) is 38.8 Å². The van der Waals surface area contributed by atoms with E-state index in [9.17, 15) is 15.3 Å². The van der Waals surface area contributed by atoms with Crippen LogP contribution in [0.15, 0.2) is 30.6 Å². The molecule has 9 nitrogen and oxygen atoms in total. The fourth-order valence-corrected chi connectivity index (χ4v) is 5.87. The van der Waals surface area contributed by atoms with Crippen LogP contribution in [0, 0.1) is 5.41 Å². The van der Waals surface area contributed by atoms with Crippen molar-refractivity contribution in [1.82, 2.24) is 19.5 Å². The molecule has 1 aliphatic carbocycles. The van der Waals surface area contributed by atoms with Gasteiger partial charge in [0.15, 0.2) is 23.2 Å². The minimum atomic E-state index is -1.23. The number of fused-ring (bicyclic) bond motifs is 2. The highest BCUT2D eigenvalue weighted by Gasteiger charge is 2.44. The van der Waals surface area contributed by atoms with Crippen LogP contribution in [0.5, 0.6) is 0 Å². The van der Waals surface area contributed by atoms with Gasteiger partial charge in [-0.25, -0.2) is 4.98 Å². The molecule has 2 saturated heterocycles. The molecule has 3 aromatic rings. The van der Waals surface area contributed by atoms with Crippen LogP contribution in [0.4, 0.5) is 5.82 Å². The molecule has 4 heterocycles. The number of rotatable bonds is 3. The van der Waals surface area contributed by atoms with Crippen LogP contribution in [-0.4, -0.2) is 72.8 Å². The highest BCUT2D eigenvalue weighted by Crippen LogP contribution is 2.45. The minimum absolute atomic E-state index is 0.0829. The first-order valence-electron chi connectivity index (χ1n) is 11.3. The van der Waals surface area contributed by atoms with E-state index in [4.69, 9.17) is 16.3 Å². The van der Waals surface area contributed by atoms with Crippen molar-refractivity contribution in [2.24, 2.45) is 5.41 Å². The summed E-state index contributed by atoms with van der Waals surface area (Å²) in [6.45, 7) is 1.29. The van der Waals surface area contributed by atoms with Crippen LogP contribution in [0.1, 0.15) is 30.2 Å². The lowest BCUT2D eigenvalue weighted by atomic mass is 9.76. The van der Waals surface area contributed by atoms with Gasteiger partial charge in [0, 0.05) is 13.1 Å². The first-order valence-corrected chi connectivity index (χ1v) is 11.7. The van der Waals surface area contributed by atoms with E-state index >= 15 is 0 Å². The summed E-state index contributed by atoms with van der Waals surface area (Å²) in [4.78, 5) is 15.6. The van der Waals surface area contributed by atoms with E-state index in [0.29, 0.717) is 22.4 Å². The first kappa shape index (κ1) is 21.2. The topological polar surface area (TPSA) is 117 Å². The number of ether oxygens (including phenoxy) is 1. The average Bonchev–Trinajstić information content (AvgIpc) is 3.47. The molecule has 174 valence electrons. The molecule has 1 aromatic carbocycles. The Labute approximate surface area is 195 Å². The number of hydrogen-bond acceptors (Lipinski definition) is 8. The van der Waals surface area contributed by atoms with Crippen molar-refractivity contribution >= 4 is 28.6 Å². The molecular weight excluding hydrogens is 446 g/mol. The van der Waals surface area contributed by atoms with Crippen LogP contribution >= 0.6 is 11.6 Å². The number of nitrogens with zero attached hydrogens (tertiary/aromatic N) is 5. The highest BCUT2D eigenvalue weighted by molar-refractivity contribution is 6.28. The van der Waals surface area contributed by atoms with Crippen molar-refractivity contribution < 1.29 is 20.1 Å². The van der Waals surface area contributed by atoms with Crippen LogP contribution in [0.2, 0.25) is 5.28 Å². The van der Waals surface area contributed by atoms with Gasteiger partial charge < -0.3 is 25.0 Å². The third-order valence-corrected chi connectivity index (χ3v) is 7.71. The zero-order chi connectivity index (χ0) is 22.7. The number of benzene rings is 1. The lowest BCUT2D eigenvalue weighted by molar-refractivity contribution is -0.0511. The summed E-state index contributed by atoms with van der Waals surface area (Å²) in [5.74, 6) is 0.667. The van der Waals surface area contributed by atoms with Gasteiger partial charge in [-0.15, -0.1) is 0 Å². The maximum absolute atomic E-state index is 10.4. The number of imidazole rings is 1. The monoisotopic (exact) mass is 471 g/mol. The van der Waals surface area contributed by atoms with E-state index < -0.39 is 31.1 Å². The summed E-state index contributed by atoms with van der Waals surface area (Å²) in [7, 11) is 0. The Bertz CT molecular complexity index is 1170. The molecule has 0 radical (unpaired) electrons. The van der Waals surface area contributed by atoms with Gasteiger partial charge in [0.1, 0.15) is 18.3 Å². The molecule has 3 aliphatic rings. The van der Waals surface area contributed by atoms with Gasteiger partial charge in [-0.3, -0.25) is 4.57 Å². The Hall–Kier alpha value is -2.30. The van der Waals surface area contributed by atoms with Gasteiger partial charge in [0.25, 0.3) is 0 Å². The van der Waals surface area contributed by atoms with Crippen molar-refractivity contribution in [1.29, 1.82) is 0 Å². The van der Waals surface area contributed by atoms with Crippen LogP contribution in [-0.2, 0) is 17.6 Å². The number of aliphatic hydroxyl groups excluding tert-OH is 3. The van der Waals surface area contributed by atoms with Gasteiger partial charge in [-0.1, -0.05) is 24.3 Å². The van der Waals surface area contributed by atoms with E-state index in [-0.39, 0.29) is 5.28 Å². The number of aromatic nitrogens is 4. The van der Waals surface area contributed by atoms with Gasteiger partial charge >= 0.3 is 0 Å². The van der Waals surface area contributed by atoms with Crippen LogP contribution in [0.3, 0.4) is 0 Å². The predicted molar refractivity (Wildman–Crippen MR) is 121 cm³/mol. The summed E-state index contributed by atoms with van der Waals surface area (Å²) < 4.78 is 7.21. The molecule has 0 amide bonds. The van der Waals surface area contributed by atoms with Crippen molar-refractivity contribution in [2.45, 2.75) is 50.2 Å². The Morgan fingerprint density at radius 1 is 1.06 bits per heavy atom. The molecule has 2 fully saturated rings. The molecule has 3 N–H and O–H groups in total. The first-order chi connectivity index (χ1) is 16.0. The molecule has 33 heavy (non-hydrogen) atoms. The molecule has 0 unspecified atom stereocenters. The van der Waals surface area contributed by atoms with Gasteiger partial charge in [-0.2, -0.15) is 9.97 Å². The molecule has 2 aromatic heterocycles. The summed E-state index contributed by atoms with van der Waals surface area (Å²) >= 11 is 6.30. The highest BCUT2D eigenvalue weighted by atomic mass is 35.5. The Kier molecular flexibility index (Phi) is 5.08. The minimum Gasteiger partial charge on any atom is -0.394 e. The summed E-state index contributed by atoms with van der Waals surface area (Å²) in [6.07, 6.45) is 1.63.